The lowest BCUT2D eigenvalue weighted by Crippen LogP contribution is -2.55. The van der Waals surface area contributed by atoms with Crippen molar-refractivity contribution in [3.8, 4) is 0 Å². The molecule has 3 rings (SSSR count). The second-order valence-electron chi connectivity index (χ2n) is 9.33. The smallest absolute Gasteiger partial charge is 0.410 e. The Labute approximate surface area is 204 Å². The van der Waals surface area contributed by atoms with E-state index in [9.17, 15) is 23.2 Å². The van der Waals surface area contributed by atoms with Gasteiger partial charge in [-0.25, -0.2) is 18.3 Å². The number of likely N-dealkylation sites (tertiary alicyclic amines) is 1. The van der Waals surface area contributed by atoms with Crippen LogP contribution in [0.2, 0.25) is 10.0 Å². The molecule has 0 spiro atoms. The van der Waals surface area contributed by atoms with Crippen molar-refractivity contribution >= 4 is 45.7 Å². The first kappa shape index (κ1) is 26.0. The highest BCUT2D eigenvalue weighted by atomic mass is 35.5. The van der Waals surface area contributed by atoms with E-state index in [1.807, 2.05) is 0 Å². The van der Waals surface area contributed by atoms with Crippen LogP contribution in [0.5, 0.6) is 0 Å². The van der Waals surface area contributed by atoms with Crippen LogP contribution in [-0.4, -0.2) is 76.9 Å². The van der Waals surface area contributed by atoms with Crippen LogP contribution in [0.15, 0.2) is 12.1 Å². The Balaban J connectivity index is 1.81. The Bertz CT molecular complexity index is 1010. The van der Waals surface area contributed by atoms with Crippen molar-refractivity contribution in [2.75, 3.05) is 18.8 Å². The van der Waals surface area contributed by atoms with Gasteiger partial charge in [0.05, 0.1) is 27.9 Å². The summed E-state index contributed by atoms with van der Waals surface area (Å²) >= 11 is 12.2. The zero-order valence-electron chi connectivity index (χ0n) is 18.8. The average Bonchev–Trinajstić information content (AvgIpc) is 3.20. The zero-order valence-corrected chi connectivity index (χ0v) is 21.2. The van der Waals surface area contributed by atoms with Crippen LogP contribution in [0.25, 0.3) is 0 Å². The molecule has 1 aromatic carbocycles. The van der Waals surface area contributed by atoms with Gasteiger partial charge in [0.15, 0.2) is 0 Å². The van der Waals surface area contributed by atoms with E-state index < -0.39 is 39.6 Å². The standard InChI is InChI=1S/C21H29Cl2N3O6S/c1-21(2,3)32-20(28)25-7-4-5-18(25)19(26(29)13-27)12-33(30,31)24-8-6-14-9-16(22)17(23)10-15(14)11-24/h9-10,13,18-19,29H,4-8,11-12H2,1-3H3/t18-,19?/m1/s1. The molecule has 0 aliphatic carbocycles. The molecule has 1 aromatic rings. The number of amides is 2. The largest absolute Gasteiger partial charge is 0.444 e. The predicted octanol–water partition coefficient (Wildman–Crippen LogP) is 3.30. The Kier molecular flexibility index (Phi) is 7.85. The minimum Gasteiger partial charge on any atom is -0.444 e. The first-order valence-corrected chi connectivity index (χ1v) is 13.1. The van der Waals surface area contributed by atoms with Gasteiger partial charge in [-0.05, 0) is 63.3 Å². The molecule has 0 aromatic heterocycles. The molecule has 12 heteroatoms. The molecule has 0 radical (unpaired) electrons. The molecule has 2 atom stereocenters. The molecule has 33 heavy (non-hydrogen) atoms. The van der Waals surface area contributed by atoms with Gasteiger partial charge in [0.2, 0.25) is 16.4 Å². The third-order valence-electron chi connectivity index (χ3n) is 5.81. The number of halogens is 2. The molecule has 2 aliphatic heterocycles. The van der Waals surface area contributed by atoms with Crippen LogP contribution in [0.4, 0.5) is 4.79 Å². The normalized spacial score (nSPS) is 20.3. The van der Waals surface area contributed by atoms with E-state index in [0.29, 0.717) is 40.9 Å². The highest BCUT2D eigenvalue weighted by Gasteiger charge is 2.42. The third-order valence-corrected chi connectivity index (χ3v) is 8.40. The summed E-state index contributed by atoms with van der Waals surface area (Å²) in [6.45, 7) is 5.88. The van der Waals surface area contributed by atoms with E-state index in [1.165, 1.54) is 9.21 Å². The Morgan fingerprint density at radius 2 is 1.91 bits per heavy atom. The topological polar surface area (TPSA) is 107 Å². The van der Waals surface area contributed by atoms with Gasteiger partial charge in [0.25, 0.3) is 0 Å². The quantitative estimate of drug-likeness (QED) is 0.349. The number of fused-ring (bicyclic) bond motifs is 1. The molecule has 0 saturated carbocycles. The van der Waals surface area contributed by atoms with Crippen molar-refractivity contribution in [3.63, 3.8) is 0 Å². The fourth-order valence-corrected chi connectivity index (χ4v) is 6.36. The summed E-state index contributed by atoms with van der Waals surface area (Å²) in [5, 5.41) is 11.4. The molecule has 2 amide bonds. The Morgan fingerprint density at radius 3 is 2.52 bits per heavy atom. The molecule has 2 heterocycles. The molecular formula is C21H29Cl2N3O6S. The lowest BCUT2D eigenvalue weighted by molar-refractivity contribution is -0.163. The molecule has 9 nitrogen and oxygen atoms in total. The number of benzene rings is 1. The van der Waals surface area contributed by atoms with E-state index in [-0.39, 0.29) is 19.5 Å². The van der Waals surface area contributed by atoms with Crippen LogP contribution >= 0.6 is 23.2 Å². The van der Waals surface area contributed by atoms with Crippen LogP contribution < -0.4 is 0 Å². The SMILES string of the molecule is CC(C)(C)OC(=O)N1CCC[C@@H]1C(CS(=O)(=O)N1CCc2cc(Cl)c(Cl)cc2C1)N(O)C=O. The minimum atomic E-state index is -3.91. The summed E-state index contributed by atoms with van der Waals surface area (Å²) in [6.07, 6.45) is 1.05. The summed E-state index contributed by atoms with van der Waals surface area (Å²) in [5.41, 5.74) is 0.944. The van der Waals surface area contributed by atoms with E-state index in [1.54, 1.807) is 32.9 Å². The van der Waals surface area contributed by atoms with Gasteiger partial charge in [-0.3, -0.25) is 10.0 Å². The number of nitrogens with zero attached hydrogens (tertiary/aromatic N) is 3. The number of carbonyl (C=O) groups excluding carboxylic acids is 2. The molecule has 1 fully saturated rings. The fraction of sp³-hybridized carbons (Fsp3) is 0.619. The van der Waals surface area contributed by atoms with Gasteiger partial charge >= 0.3 is 6.09 Å². The highest BCUT2D eigenvalue weighted by Crippen LogP contribution is 2.31. The molecule has 184 valence electrons. The van der Waals surface area contributed by atoms with Crippen LogP contribution in [0, 0.1) is 0 Å². The van der Waals surface area contributed by atoms with Crippen molar-refractivity contribution in [1.29, 1.82) is 0 Å². The van der Waals surface area contributed by atoms with Crippen molar-refractivity contribution in [3.05, 3.63) is 33.3 Å². The van der Waals surface area contributed by atoms with Crippen molar-refractivity contribution in [2.45, 2.75) is 64.3 Å². The Morgan fingerprint density at radius 1 is 1.27 bits per heavy atom. The van der Waals surface area contributed by atoms with Gasteiger partial charge < -0.3 is 9.64 Å². The molecule has 2 aliphatic rings. The maximum atomic E-state index is 13.3. The molecular weight excluding hydrogens is 493 g/mol. The van der Waals surface area contributed by atoms with Gasteiger partial charge in [-0.2, -0.15) is 4.31 Å². The Hall–Kier alpha value is -1.59. The van der Waals surface area contributed by atoms with Gasteiger partial charge in [0.1, 0.15) is 5.60 Å². The lowest BCUT2D eigenvalue weighted by Gasteiger charge is -2.36. The number of hydrogen-bond donors (Lipinski definition) is 1. The first-order chi connectivity index (χ1) is 15.3. The average molecular weight is 522 g/mol. The summed E-state index contributed by atoms with van der Waals surface area (Å²) in [5.74, 6) is -0.539. The first-order valence-electron chi connectivity index (χ1n) is 10.7. The maximum Gasteiger partial charge on any atom is 0.410 e. The lowest BCUT2D eigenvalue weighted by atomic mass is 10.0. The van der Waals surface area contributed by atoms with Gasteiger partial charge in [0, 0.05) is 19.6 Å². The number of ether oxygens (including phenoxy) is 1. The summed E-state index contributed by atoms with van der Waals surface area (Å²) in [6, 6.07) is 1.56. The highest BCUT2D eigenvalue weighted by molar-refractivity contribution is 7.89. The fourth-order valence-electron chi connectivity index (χ4n) is 4.26. The van der Waals surface area contributed by atoms with Crippen LogP contribution in [-0.2, 0) is 32.5 Å². The number of rotatable bonds is 6. The maximum absolute atomic E-state index is 13.3. The van der Waals surface area contributed by atoms with Crippen LogP contribution in [0.1, 0.15) is 44.7 Å². The molecule has 1 N–H and O–H groups in total. The summed E-state index contributed by atoms with van der Waals surface area (Å²) in [7, 11) is -3.91. The number of hydroxylamine groups is 2. The van der Waals surface area contributed by atoms with Gasteiger partial charge in [-0.1, -0.05) is 23.2 Å². The molecule has 1 saturated heterocycles. The second kappa shape index (κ2) is 9.95. The van der Waals surface area contributed by atoms with Crippen molar-refractivity contribution < 1.29 is 28.0 Å². The summed E-state index contributed by atoms with van der Waals surface area (Å²) < 4.78 is 33.4. The summed E-state index contributed by atoms with van der Waals surface area (Å²) in [4.78, 5) is 25.5. The van der Waals surface area contributed by atoms with E-state index in [0.717, 1.165) is 11.1 Å². The number of carbonyl (C=O) groups is 2. The van der Waals surface area contributed by atoms with E-state index in [4.69, 9.17) is 27.9 Å². The number of sulfonamides is 1. The van der Waals surface area contributed by atoms with E-state index in [2.05, 4.69) is 0 Å². The van der Waals surface area contributed by atoms with Gasteiger partial charge in [-0.15, -0.1) is 0 Å². The molecule has 0 bridgehead atoms. The minimum absolute atomic E-state index is 0.105. The van der Waals surface area contributed by atoms with E-state index >= 15 is 0 Å². The second-order valence-corrected chi connectivity index (χ2v) is 12.2. The predicted molar refractivity (Wildman–Crippen MR) is 124 cm³/mol. The monoisotopic (exact) mass is 521 g/mol. The van der Waals surface area contributed by atoms with Crippen molar-refractivity contribution in [2.24, 2.45) is 0 Å². The van der Waals surface area contributed by atoms with Crippen LogP contribution in [0.3, 0.4) is 0 Å². The van der Waals surface area contributed by atoms with Crippen molar-refractivity contribution in [1.82, 2.24) is 14.3 Å². The third kappa shape index (κ3) is 6.10. The zero-order chi connectivity index (χ0) is 24.6. The number of hydrogen-bond acceptors (Lipinski definition) is 6. The molecule has 1 unspecified atom stereocenters.